The normalized spacial score (nSPS) is 16.7. The van der Waals surface area contributed by atoms with Crippen LogP contribution in [0, 0.1) is 0 Å². The average molecular weight is 366 g/mol. The Bertz CT molecular complexity index is 919. The molecular weight excluding hydrogens is 348 g/mol. The van der Waals surface area contributed by atoms with Gasteiger partial charge in [-0.2, -0.15) is 0 Å². The van der Waals surface area contributed by atoms with Crippen LogP contribution in [0.3, 0.4) is 0 Å². The zero-order valence-electron chi connectivity index (χ0n) is 14.8. The minimum absolute atomic E-state index is 0.105. The smallest absolute Gasteiger partial charge is 0.337 e. The lowest BCUT2D eigenvalue weighted by Crippen LogP contribution is -2.48. The van der Waals surface area contributed by atoms with Gasteiger partial charge in [0.15, 0.2) is 0 Å². The highest BCUT2D eigenvalue weighted by Crippen LogP contribution is 2.34. The van der Waals surface area contributed by atoms with Crippen LogP contribution in [0.4, 0.5) is 10.5 Å². The molecule has 0 radical (unpaired) electrons. The Morgan fingerprint density at radius 3 is 2.26 bits per heavy atom. The van der Waals surface area contributed by atoms with Gasteiger partial charge in [0, 0.05) is 5.70 Å². The van der Waals surface area contributed by atoms with E-state index >= 15 is 0 Å². The molecule has 2 aromatic rings. The van der Waals surface area contributed by atoms with Gasteiger partial charge in [-0.25, -0.2) is 14.4 Å². The quantitative estimate of drug-likeness (QED) is 0.811. The number of esters is 1. The molecule has 0 aliphatic carbocycles. The summed E-state index contributed by atoms with van der Waals surface area (Å²) in [5.74, 6) is -1.61. The Morgan fingerprint density at radius 1 is 1.07 bits per heavy atom. The Hall–Kier alpha value is -3.61. The number of urea groups is 1. The summed E-state index contributed by atoms with van der Waals surface area (Å²) in [5.41, 5.74) is 2.04. The number of anilines is 1. The summed E-state index contributed by atoms with van der Waals surface area (Å²) in [6.45, 7) is 1.66. The van der Waals surface area contributed by atoms with Crippen LogP contribution in [0.25, 0.3) is 0 Å². The first-order valence-corrected chi connectivity index (χ1v) is 8.22. The molecular formula is C20H18N2O5. The Balaban J connectivity index is 2.09. The number of nitrogens with zero attached hydrogens (tertiary/aromatic N) is 1. The SMILES string of the molecule is COC(=O)C1=C(C)N(c2ccc(C(=O)O)cc2)C(=O)NC1c1ccccc1. The molecule has 138 valence electrons. The van der Waals surface area contributed by atoms with E-state index in [1.165, 1.54) is 36.3 Å². The molecule has 3 rings (SSSR count). The van der Waals surface area contributed by atoms with E-state index in [1.807, 2.05) is 30.3 Å². The van der Waals surface area contributed by atoms with Crippen LogP contribution in [0.5, 0.6) is 0 Å². The molecule has 0 spiro atoms. The molecule has 2 amide bonds. The number of rotatable bonds is 4. The molecule has 0 saturated heterocycles. The predicted molar refractivity (Wildman–Crippen MR) is 98.3 cm³/mol. The molecule has 7 nitrogen and oxygen atoms in total. The van der Waals surface area contributed by atoms with Crippen molar-refractivity contribution in [1.82, 2.24) is 5.32 Å². The van der Waals surface area contributed by atoms with E-state index in [-0.39, 0.29) is 5.56 Å². The lowest BCUT2D eigenvalue weighted by Gasteiger charge is -2.35. The average Bonchev–Trinajstić information content (AvgIpc) is 2.68. The highest BCUT2D eigenvalue weighted by atomic mass is 16.5. The first-order chi connectivity index (χ1) is 12.9. The largest absolute Gasteiger partial charge is 0.478 e. The molecule has 2 aromatic carbocycles. The molecule has 1 aliphatic heterocycles. The highest BCUT2D eigenvalue weighted by Gasteiger charge is 2.36. The van der Waals surface area contributed by atoms with Gasteiger partial charge in [-0.15, -0.1) is 0 Å². The van der Waals surface area contributed by atoms with E-state index < -0.39 is 24.0 Å². The zero-order chi connectivity index (χ0) is 19.6. The van der Waals surface area contributed by atoms with E-state index in [2.05, 4.69) is 5.32 Å². The number of amides is 2. The fourth-order valence-electron chi connectivity index (χ4n) is 3.08. The number of carboxylic acids is 1. The zero-order valence-corrected chi connectivity index (χ0v) is 14.8. The third kappa shape index (κ3) is 3.39. The molecule has 27 heavy (non-hydrogen) atoms. The van der Waals surface area contributed by atoms with E-state index in [9.17, 15) is 14.4 Å². The number of benzene rings is 2. The molecule has 1 aliphatic rings. The minimum atomic E-state index is -1.06. The minimum Gasteiger partial charge on any atom is -0.478 e. The number of allylic oxidation sites excluding steroid dienone is 1. The summed E-state index contributed by atoms with van der Waals surface area (Å²) in [6, 6.07) is 13.9. The number of carboxylic acid groups (broad SMARTS) is 1. The maximum atomic E-state index is 12.8. The third-order valence-corrected chi connectivity index (χ3v) is 4.40. The Kier molecular flexibility index (Phi) is 4.94. The summed E-state index contributed by atoms with van der Waals surface area (Å²) < 4.78 is 4.93. The van der Waals surface area contributed by atoms with Crippen molar-refractivity contribution < 1.29 is 24.2 Å². The van der Waals surface area contributed by atoms with Crippen molar-refractivity contribution in [2.45, 2.75) is 13.0 Å². The van der Waals surface area contributed by atoms with Crippen LogP contribution in [0.1, 0.15) is 28.9 Å². The molecule has 1 heterocycles. The molecule has 0 bridgehead atoms. The van der Waals surface area contributed by atoms with E-state index in [0.717, 1.165) is 5.56 Å². The summed E-state index contributed by atoms with van der Waals surface area (Å²) in [6.07, 6.45) is 0. The van der Waals surface area contributed by atoms with E-state index in [4.69, 9.17) is 9.84 Å². The number of carbonyl (C=O) groups is 3. The number of methoxy groups -OCH3 is 1. The standard InChI is InChI=1S/C20H18N2O5/c1-12-16(19(25)27-2)17(13-6-4-3-5-7-13)21-20(26)22(12)15-10-8-14(9-11-15)18(23)24/h3-11,17H,1-2H3,(H,21,26)(H,23,24). The van der Waals surface area contributed by atoms with Gasteiger partial charge in [0.05, 0.1) is 30.0 Å². The monoisotopic (exact) mass is 366 g/mol. The molecule has 0 saturated carbocycles. The summed E-state index contributed by atoms with van der Waals surface area (Å²) in [7, 11) is 1.28. The Labute approximate surface area is 155 Å². The number of nitrogens with one attached hydrogen (secondary N) is 1. The van der Waals surface area contributed by atoms with Gasteiger partial charge in [-0.1, -0.05) is 30.3 Å². The lowest BCUT2D eigenvalue weighted by atomic mass is 9.94. The molecule has 1 unspecified atom stereocenters. The van der Waals surface area contributed by atoms with Crippen molar-refractivity contribution in [3.8, 4) is 0 Å². The number of hydrogen-bond acceptors (Lipinski definition) is 4. The topological polar surface area (TPSA) is 95.9 Å². The second-order valence-electron chi connectivity index (χ2n) is 5.97. The van der Waals surface area contributed by atoms with Crippen molar-refractivity contribution in [3.05, 3.63) is 77.0 Å². The number of ether oxygens (including phenoxy) is 1. The van der Waals surface area contributed by atoms with Crippen molar-refractivity contribution in [2.75, 3.05) is 12.0 Å². The van der Waals surface area contributed by atoms with E-state index in [0.29, 0.717) is 17.0 Å². The van der Waals surface area contributed by atoms with Gasteiger partial charge >= 0.3 is 18.0 Å². The van der Waals surface area contributed by atoms with Crippen molar-refractivity contribution in [2.24, 2.45) is 0 Å². The van der Waals surface area contributed by atoms with Gasteiger partial charge in [0.1, 0.15) is 0 Å². The van der Waals surface area contributed by atoms with Gasteiger partial charge in [-0.3, -0.25) is 4.90 Å². The van der Waals surface area contributed by atoms with Gasteiger partial charge in [-0.05, 0) is 36.8 Å². The number of aromatic carboxylic acids is 1. The maximum absolute atomic E-state index is 12.8. The Morgan fingerprint density at radius 2 is 1.70 bits per heavy atom. The lowest BCUT2D eigenvalue weighted by molar-refractivity contribution is -0.136. The van der Waals surface area contributed by atoms with Crippen LogP contribution >= 0.6 is 0 Å². The van der Waals surface area contributed by atoms with Gasteiger partial charge in [0.2, 0.25) is 0 Å². The van der Waals surface area contributed by atoms with Crippen LogP contribution < -0.4 is 10.2 Å². The molecule has 2 N–H and O–H groups in total. The molecule has 7 heteroatoms. The molecule has 1 atom stereocenters. The van der Waals surface area contributed by atoms with Crippen LogP contribution in [-0.4, -0.2) is 30.2 Å². The maximum Gasteiger partial charge on any atom is 0.337 e. The first-order valence-electron chi connectivity index (χ1n) is 8.22. The molecule has 0 aromatic heterocycles. The number of hydrogen-bond donors (Lipinski definition) is 2. The third-order valence-electron chi connectivity index (χ3n) is 4.40. The highest BCUT2D eigenvalue weighted by molar-refractivity contribution is 6.03. The van der Waals surface area contributed by atoms with E-state index in [1.54, 1.807) is 6.92 Å². The fraction of sp³-hybridized carbons (Fsp3) is 0.150. The summed E-state index contributed by atoms with van der Waals surface area (Å²) >= 11 is 0. The second kappa shape index (κ2) is 7.33. The van der Waals surface area contributed by atoms with Crippen LogP contribution in [0.2, 0.25) is 0 Å². The van der Waals surface area contributed by atoms with Gasteiger partial charge in [0.25, 0.3) is 0 Å². The predicted octanol–water partition coefficient (Wildman–Crippen LogP) is 3.10. The molecule has 0 fully saturated rings. The number of carbonyl (C=O) groups excluding carboxylic acids is 2. The first kappa shape index (κ1) is 18.2. The van der Waals surface area contributed by atoms with Crippen molar-refractivity contribution >= 4 is 23.7 Å². The van der Waals surface area contributed by atoms with Crippen LogP contribution in [0.15, 0.2) is 65.9 Å². The summed E-state index contributed by atoms with van der Waals surface area (Å²) in [4.78, 5) is 37.6. The van der Waals surface area contributed by atoms with Crippen molar-refractivity contribution in [3.63, 3.8) is 0 Å². The van der Waals surface area contributed by atoms with Crippen molar-refractivity contribution in [1.29, 1.82) is 0 Å². The van der Waals surface area contributed by atoms with Crippen LogP contribution in [-0.2, 0) is 9.53 Å². The fourth-order valence-corrected chi connectivity index (χ4v) is 3.08. The summed E-state index contributed by atoms with van der Waals surface area (Å²) in [5, 5.41) is 11.9. The second-order valence-corrected chi connectivity index (χ2v) is 5.97. The van der Waals surface area contributed by atoms with Gasteiger partial charge < -0.3 is 15.2 Å².